The van der Waals surface area contributed by atoms with Crippen LogP contribution in [-0.2, 0) is 30.9 Å². The molecule has 4 heteroatoms. The Kier molecular flexibility index (Phi) is 6.87. The monoisotopic (exact) mass is 498 g/mol. The molecule has 1 aromatic carbocycles. The Morgan fingerprint density at radius 1 is 1.08 bits per heavy atom. The third-order valence-electron chi connectivity index (χ3n) is 8.70. The van der Waals surface area contributed by atoms with Gasteiger partial charge in [-0.3, -0.25) is 0 Å². The minimum absolute atomic E-state index is 0.0655. The molecule has 0 N–H and O–H groups in total. The maximum atomic E-state index is 13.2. The van der Waals surface area contributed by atoms with Crippen LogP contribution in [0, 0.1) is 17.8 Å². The van der Waals surface area contributed by atoms with Gasteiger partial charge in [0.05, 0.1) is 5.57 Å². The van der Waals surface area contributed by atoms with Crippen molar-refractivity contribution in [2.24, 2.45) is 17.8 Å². The third-order valence-corrected chi connectivity index (χ3v) is 8.70. The number of carbonyl (C=O) groups excluding carboxylic acids is 2. The molecule has 0 saturated heterocycles. The summed E-state index contributed by atoms with van der Waals surface area (Å²) in [7, 11) is 0. The highest BCUT2D eigenvalue weighted by Crippen LogP contribution is 2.63. The predicted molar refractivity (Wildman–Crippen MR) is 146 cm³/mol. The normalized spacial score (nSPS) is 30.2. The molecule has 2 saturated carbocycles. The highest BCUT2D eigenvalue weighted by molar-refractivity contribution is 5.92. The maximum Gasteiger partial charge on any atom is 0.338 e. The van der Waals surface area contributed by atoms with Gasteiger partial charge >= 0.3 is 11.9 Å². The molecule has 0 aromatic heterocycles. The van der Waals surface area contributed by atoms with E-state index >= 15 is 0 Å². The third kappa shape index (κ3) is 4.67. The van der Waals surface area contributed by atoms with E-state index in [1.807, 2.05) is 25.2 Å². The number of hydrogen-bond acceptors (Lipinski definition) is 4. The number of hydrogen-bond donors (Lipinski definition) is 0. The molecule has 1 aromatic rings. The van der Waals surface area contributed by atoms with Crippen molar-refractivity contribution >= 4 is 11.9 Å². The van der Waals surface area contributed by atoms with E-state index in [4.69, 9.17) is 9.47 Å². The molecular weight excluding hydrogens is 460 g/mol. The molecule has 4 nitrogen and oxygen atoms in total. The molecule has 5 rings (SSSR count). The Balaban J connectivity index is 1.46. The van der Waals surface area contributed by atoms with E-state index < -0.39 is 18.2 Å². The Morgan fingerprint density at radius 2 is 1.86 bits per heavy atom. The lowest BCUT2D eigenvalue weighted by Crippen LogP contribution is -2.45. The Morgan fingerprint density at radius 3 is 2.54 bits per heavy atom. The van der Waals surface area contributed by atoms with Gasteiger partial charge in [-0.15, -0.1) is 0 Å². The van der Waals surface area contributed by atoms with Crippen molar-refractivity contribution in [2.45, 2.75) is 76.9 Å². The van der Waals surface area contributed by atoms with Gasteiger partial charge in [-0.2, -0.15) is 0 Å². The highest BCUT2D eigenvalue weighted by atomic mass is 16.6. The molecule has 0 radical (unpaired) electrons. The lowest BCUT2D eigenvalue weighted by molar-refractivity contribution is -0.170. The molecule has 0 amide bonds. The number of benzene rings is 1. The number of ether oxygens (including phenoxy) is 2. The molecule has 0 aliphatic heterocycles. The van der Waals surface area contributed by atoms with Crippen LogP contribution >= 0.6 is 0 Å². The van der Waals surface area contributed by atoms with Crippen LogP contribution in [0.4, 0.5) is 0 Å². The molecule has 6 atom stereocenters. The van der Waals surface area contributed by atoms with Gasteiger partial charge in [-0.25, -0.2) is 9.59 Å². The molecule has 0 heterocycles. The molecule has 37 heavy (non-hydrogen) atoms. The average molecular weight is 499 g/mol. The number of carbonyl (C=O) groups is 2. The first-order chi connectivity index (χ1) is 17.7. The summed E-state index contributed by atoms with van der Waals surface area (Å²) in [4.78, 5) is 26.4. The topological polar surface area (TPSA) is 52.6 Å². The lowest BCUT2D eigenvalue weighted by Gasteiger charge is -2.37. The van der Waals surface area contributed by atoms with Crippen LogP contribution in [0.2, 0.25) is 0 Å². The second-order valence-electron chi connectivity index (χ2n) is 11.9. The second kappa shape index (κ2) is 9.96. The van der Waals surface area contributed by atoms with E-state index in [1.165, 1.54) is 22.8 Å². The van der Waals surface area contributed by atoms with Crippen LogP contribution < -0.4 is 0 Å². The van der Waals surface area contributed by atoms with Gasteiger partial charge in [-0.05, 0) is 72.6 Å². The average Bonchev–Trinajstić information content (AvgIpc) is 3.53. The lowest BCUT2D eigenvalue weighted by atomic mass is 9.76. The largest absolute Gasteiger partial charge is 0.455 e. The van der Waals surface area contributed by atoms with Gasteiger partial charge in [-0.1, -0.05) is 82.0 Å². The smallest absolute Gasteiger partial charge is 0.338 e. The van der Waals surface area contributed by atoms with Crippen molar-refractivity contribution < 1.29 is 19.1 Å². The Labute approximate surface area is 220 Å². The van der Waals surface area contributed by atoms with E-state index in [9.17, 15) is 9.59 Å². The molecule has 4 aliphatic carbocycles. The fraction of sp³-hybridized carbons (Fsp3) is 0.455. The van der Waals surface area contributed by atoms with E-state index in [0.717, 1.165) is 19.3 Å². The Bertz CT molecular complexity index is 1220. The number of allylic oxidation sites excluding steroid dienone is 6. The minimum Gasteiger partial charge on any atom is -0.455 e. The minimum atomic E-state index is -0.452. The summed E-state index contributed by atoms with van der Waals surface area (Å²) >= 11 is 0. The van der Waals surface area contributed by atoms with Gasteiger partial charge in [0.15, 0.2) is 0 Å². The van der Waals surface area contributed by atoms with Gasteiger partial charge < -0.3 is 9.47 Å². The van der Waals surface area contributed by atoms with Crippen LogP contribution in [-0.4, -0.2) is 24.1 Å². The first-order valence-corrected chi connectivity index (χ1v) is 13.6. The van der Waals surface area contributed by atoms with Gasteiger partial charge in [0.25, 0.3) is 0 Å². The summed E-state index contributed by atoms with van der Waals surface area (Å²) in [5.74, 6) is 0.331. The van der Waals surface area contributed by atoms with E-state index in [-0.39, 0.29) is 23.2 Å². The molecule has 4 aliphatic rings. The van der Waals surface area contributed by atoms with Crippen molar-refractivity contribution in [3.8, 4) is 0 Å². The molecular formula is C33H38O4. The molecule has 2 fully saturated rings. The summed E-state index contributed by atoms with van der Waals surface area (Å²) in [5, 5.41) is 0. The van der Waals surface area contributed by atoms with Gasteiger partial charge in [0.1, 0.15) is 12.2 Å². The summed E-state index contributed by atoms with van der Waals surface area (Å²) in [5.41, 5.74) is 5.27. The summed E-state index contributed by atoms with van der Waals surface area (Å²) in [6.07, 6.45) is 15.2. The summed E-state index contributed by atoms with van der Waals surface area (Å²) in [6, 6.07) is 6.91. The van der Waals surface area contributed by atoms with Crippen molar-refractivity contribution in [3.63, 3.8) is 0 Å². The quantitative estimate of drug-likeness (QED) is 0.249. The van der Waals surface area contributed by atoms with Crippen LogP contribution in [0.1, 0.15) is 69.6 Å². The van der Waals surface area contributed by atoms with Crippen molar-refractivity contribution in [1.82, 2.24) is 0 Å². The van der Waals surface area contributed by atoms with Crippen LogP contribution in [0.3, 0.4) is 0 Å². The first kappa shape index (κ1) is 25.5. The zero-order chi connectivity index (χ0) is 26.3. The predicted octanol–water partition coefficient (Wildman–Crippen LogP) is 6.68. The van der Waals surface area contributed by atoms with E-state index in [0.29, 0.717) is 29.4 Å². The number of esters is 2. The zero-order valence-corrected chi connectivity index (χ0v) is 22.4. The molecule has 0 spiro atoms. The van der Waals surface area contributed by atoms with Gasteiger partial charge in [0, 0.05) is 17.4 Å². The number of rotatable bonds is 6. The van der Waals surface area contributed by atoms with E-state index in [2.05, 4.69) is 51.6 Å². The van der Waals surface area contributed by atoms with E-state index in [1.54, 1.807) is 12.2 Å². The SMILES string of the molecule is C=C/C(=C\C=C/C)C(=O)OC1C2CC(C1OC(=O)C1=CC=CCC1)C1c3cc(C(C)(C)C)ccc3CC21. The first-order valence-electron chi connectivity index (χ1n) is 13.6. The zero-order valence-electron chi connectivity index (χ0n) is 22.4. The maximum absolute atomic E-state index is 13.2. The molecule has 2 bridgehead atoms. The van der Waals surface area contributed by atoms with Crippen LogP contribution in [0.5, 0.6) is 0 Å². The fourth-order valence-corrected chi connectivity index (χ4v) is 6.87. The fourth-order valence-electron chi connectivity index (χ4n) is 6.87. The summed E-state index contributed by atoms with van der Waals surface area (Å²) in [6.45, 7) is 12.4. The summed E-state index contributed by atoms with van der Waals surface area (Å²) < 4.78 is 12.4. The van der Waals surface area contributed by atoms with Gasteiger partial charge in [0.2, 0.25) is 0 Å². The standard InChI is InChI=1S/C33H38O4/c1-6-8-12-20(7-2)31(34)36-29-26-19-27(30(29)37-32(35)21-13-10-9-11-14-21)28-24-18-23(33(3,4)5)16-15-22(24)17-25(26)28/h6-10,12-13,15-16,18,25-30H,2,11,14,17,19H2,1,3-5H3/b8-6-,20-12+. The van der Waals surface area contributed by atoms with Crippen LogP contribution in [0.15, 0.2) is 78.5 Å². The molecule has 194 valence electrons. The van der Waals surface area contributed by atoms with Crippen molar-refractivity contribution in [2.75, 3.05) is 0 Å². The van der Waals surface area contributed by atoms with Crippen molar-refractivity contribution in [1.29, 1.82) is 0 Å². The van der Waals surface area contributed by atoms with Crippen molar-refractivity contribution in [3.05, 3.63) is 95.1 Å². The second-order valence-corrected chi connectivity index (χ2v) is 11.9. The number of fused-ring (bicyclic) bond motifs is 7. The Hall–Kier alpha value is -3.14. The van der Waals surface area contributed by atoms with Crippen LogP contribution in [0.25, 0.3) is 0 Å². The molecule has 6 unspecified atom stereocenters. The highest BCUT2D eigenvalue weighted by Gasteiger charge is 2.63.